The molecule has 0 fully saturated rings. The van der Waals surface area contributed by atoms with Crippen molar-refractivity contribution in [3.05, 3.63) is 53.1 Å². The van der Waals surface area contributed by atoms with Gasteiger partial charge in [-0.15, -0.1) is 0 Å². The molecule has 0 radical (unpaired) electrons. The summed E-state index contributed by atoms with van der Waals surface area (Å²) in [6, 6.07) is 10.4. The van der Waals surface area contributed by atoms with E-state index < -0.39 is 21.9 Å². The summed E-state index contributed by atoms with van der Waals surface area (Å²) in [6.07, 6.45) is -0.449. The monoisotopic (exact) mass is 435 g/mol. The normalized spacial score (nSPS) is 17.5. The molecule has 164 valence electrons. The van der Waals surface area contributed by atoms with Crippen LogP contribution < -0.4 is 9.47 Å². The van der Waals surface area contributed by atoms with Crippen molar-refractivity contribution in [1.29, 1.82) is 0 Å². The Balaban J connectivity index is 2.08. The summed E-state index contributed by atoms with van der Waals surface area (Å²) < 4.78 is 39.1. The van der Waals surface area contributed by atoms with Crippen LogP contribution in [0.3, 0.4) is 0 Å². The van der Waals surface area contributed by atoms with Crippen LogP contribution in [0.4, 0.5) is 0 Å². The van der Waals surface area contributed by atoms with E-state index in [9.17, 15) is 8.42 Å². The number of methoxy groups -OCH3 is 2. The number of ether oxygens (including phenoxy) is 2. The fourth-order valence-electron chi connectivity index (χ4n) is 3.27. The molecule has 0 amide bonds. The second-order valence-electron chi connectivity index (χ2n) is 8.23. The van der Waals surface area contributed by atoms with Gasteiger partial charge in [-0.25, -0.2) is 18.2 Å². The van der Waals surface area contributed by atoms with Gasteiger partial charge in [0.15, 0.2) is 17.7 Å². The van der Waals surface area contributed by atoms with E-state index in [2.05, 4.69) is 0 Å². The quantitative estimate of drug-likeness (QED) is 0.504. The van der Waals surface area contributed by atoms with Crippen LogP contribution in [0.5, 0.6) is 11.5 Å². The molecule has 30 heavy (non-hydrogen) atoms. The highest BCUT2D eigenvalue weighted by Gasteiger charge is 2.39. The molecule has 3 rings (SSSR count). The molecule has 0 bridgehead atoms. The summed E-state index contributed by atoms with van der Waals surface area (Å²) in [6.45, 7) is 7.67. The third kappa shape index (κ3) is 4.62. The second kappa shape index (κ2) is 8.55. The fraction of sp³-hybridized carbons (Fsp3) is 0.455. The van der Waals surface area contributed by atoms with Crippen molar-refractivity contribution in [2.45, 2.75) is 50.8 Å². The first kappa shape index (κ1) is 22.6. The van der Waals surface area contributed by atoms with Gasteiger partial charge in [0.1, 0.15) is 0 Å². The van der Waals surface area contributed by atoms with Gasteiger partial charge < -0.3 is 9.47 Å². The van der Waals surface area contributed by atoms with Crippen LogP contribution >= 0.6 is 0 Å². The Morgan fingerprint density at radius 2 is 1.60 bits per heavy atom. The smallest absolute Gasteiger partial charge is 0.245 e. The van der Waals surface area contributed by atoms with Crippen molar-refractivity contribution in [1.82, 2.24) is 4.31 Å². The fourth-order valence-corrected chi connectivity index (χ4v) is 4.75. The average molecular weight is 436 g/mol. The summed E-state index contributed by atoms with van der Waals surface area (Å²) >= 11 is 0. The predicted octanol–water partition coefficient (Wildman–Crippen LogP) is 4.00. The first-order valence-corrected chi connectivity index (χ1v) is 11.2. The molecule has 1 aliphatic heterocycles. The van der Waals surface area contributed by atoms with Crippen LogP contribution in [-0.2, 0) is 26.2 Å². The molecule has 8 heteroatoms. The number of aryl methyl sites for hydroxylation is 1. The van der Waals surface area contributed by atoms with E-state index in [1.54, 1.807) is 37.4 Å². The molecule has 2 aromatic carbocycles. The Kier molecular flexibility index (Phi) is 6.43. The molecule has 0 saturated heterocycles. The van der Waals surface area contributed by atoms with Gasteiger partial charge in [-0.05, 0) is 63.9 Å². The zero-order valence-corrected chi connectivity index (χ0v) is 19.1. The van der Waals surface area contributed by atoms with Gasteiger partial charge in [-0.3, -0.25) is 0 Å². The molecule has 0 aromatic heterocycles. The van der Waals surface area contributed by atoms with E-state index in [1.165, 1.54) is 11.4 Å². The second-order valence-corrected chi connectivity index (χ2v) is 10.1. The first-order valence-electron chi connectivity index (χ1n) is 9.74. The minimum absolute atomic E-state index is 0.210. The summed E-state index contributed by atoms with van der Waals surface area (Å²) in [5, 5.41) is 0. The van der Waals surface area contributed by atoms with E-state index in [1.807, 2.05) is 33.8 Å². The Hall–Kier alpha value is -2.13. The van der Waals surface area contributed by atoms with Crippen molar-refractivity contribution >= 4 is 10.0 Å². The van der Waals surface area contributed by atoms with Gasteiger partial charge in [-0.1, -0.05) is 17.7 Å². The molecule has 0 saturated carbocycles. The van der Waals surface area contributed by atoms with Crippen molar-refractivity contribution in [3.63, 3.8) is 0 Å². The van der Waals surface area contributed by atoms with Crippen molar-refractivity contribution in [3.8, 4) is 11.5 Å². The average Bonchev–Trinajstić information content (AvgIpc) is 2.70. The molecule has 0 N–H and O–H groups in total. The van der Waals surface area contributed by atoms with E-state index in [0.29, 0.717) is 23.5 Å². The minimum atomic E-state index is -3.82. The highest BCUT2D eigenvalue weighted by atomic mass is 32.2. The predicted molar refractivity (Wildman–Crippen MR) is 113 cm³/mol. The summed E-state index contributed by atoms with van der Waals surface area (Å²) in [5.41, 5.74) is 1.95. The molecule has 0 aliphatic carbocycles. The third-order valence-electron chi connectivity index (χ3n) is 4.79. The van der Waals surface area contributed by atoms with Crippen LogP contribution in [0.2, 0.25) is 0 Å². The lowest BCUT2D eigenvalue weighted by atomic mass is 9.98. The minimum Gasteiger partial charge on any atom is -0.493 e. The molecule has 0 spiro atoms. The van der Waals surface area contributed by atoms with Gasteiger partial charge in [0.25, 0.3) is 0 Å². The Bertz CT molecular complexity index is 996. The van der Waals surface area contributed by atoms with Gasteiger partial charge in [0.2, 0.25) is 10.0 Å². The van der Waals surface area contributed by atoms with Gasteiger partial charge >= 0.3 is 0 Å². The highest BCUT2D eigenvalue weighted by molar-refractivity contribution is 7.89. The molecule has 1 atom stereocenters. The molecule has 1 aliphatic rings. The van der Waals surface area contributed by atoms with E-state index in [-0.39, 0.29) is 11.4 Å². The lowest BCUT2D eigenvalue weighted by molar-refractivity contribution is -0.392. The standard InChI is InChI=1S/C22H29NO6S/c1-15-7-9-17(10-8-15)30(24,25)23-12-11-16-13-19(26-5)20(27-6)14-18(16)21(23)28-29-22(2,3)4/h7-10,13-14,21H,11-12H2,1-6H3. The number of sulfonamides is 1. The number of benzene rings is 2. The van der Waals surface area contributed by atoms with Crippen molar-refractivity contribution < 1.29 is 27.7 Å². The summed E-state index contributed by atoms with van der Waals surface area (Å²) in [5.74, 6) is 1.08. The van der Waals surface area contributed by atoms with Gasteiger partial charge in [0, 0.05) is 12.1 Å². The largest absolute Gasteiger partial charge is 0.493 e. The maximum atomic E-state index is 13.5. The van der Waals surface area contributed by atoms with Gasteiger partial charge in [0.05, 0.1) is 24.7 Å². The summed E-state index contributed by atoms with van der Waals surface area (Å²) in [7, 11) is -0.713. The number of hydrogen-bond acceptors (Lipinski definition) is 6. The number of nitrogens with zero attached hydrogens (tertiary/aromatic N) is 1. The topological polar surface area (TPSA) is 74.3 Å². The first-order chi connectivity index (χ1) is 14.1. The van der Waals surface area contributed by atoms with Crippen LogP contribution in [0.15, 0.2) is 41.3 Å². The Morgan fingerprint density at radius 1 is 1.00 bits per heavy atom. The molecule has 1 heterocycles. The Morgan fingerprint density at radius 3 is 2.17 bits per heavy atom. The number of rotatable bonds is 6. The van der Waals surface area contributed by atoms with E-state index >= 15 is 0 Å². The molecule has 1 unspecified atom stereocenters. The zero-order chi connectivity index (χ0) is 22.1. The van der Waals surface area contributed by atoms with Crippen LogP contribution in [-0.4, -0.2) is 39.1 Å². The maximum Gasteiger partial charge on any atom is 0.245 e. The SMILES string of the molecule is COc1cc2c(cc1OC)C(OOC(C)(C)C)N(S(=O)(=O)c1ccc(C)cc1)CC2. The number of fused-ring (bicyclic) bond motifs is 1. The van der Waals surface area contributed by atoms with Crippen molar-refractivity contribution in [2.75, 3.05) is 20.8 Å². The van der Waals surface area contributed by atoms with E-state index in [0.717, 1.165) is 11.1 Å². The highest BCUT2D eigenvalue weighted by Crippen LogP contribution is 2.41. The third-order valence-corrected chi connectivity index (χ3v) is 6.65. The lowest BCUT2D eigenvalue weighted by Gasteiger charge is -2.36. The summed E-state index contributed by atoms with van der Waals surface area (Å²) in [4.78, 5) is 11.5. The number of hydrogen-bond donors (Lipinski definition) is 0. The maximum absolute atomic E-state index is 13.5. The molecular weight excluding hydrogens is 406 g/mol. The lowest BCUT2D eigenvalue weighted by Crippen LogP contribution is -2.42. The molecular formula is C22H29NO6S. The zero-order valence-electron chi connectivity index (χ0n) is 18.3. The van der Waals surface area contributed by atoms with Crippen LogP contribution in [0.1, 0.15) is 43.7 Å². The molecule has 7 nitrogen and oxygen atoms in total. The van der Waals surface area contributed by atoms with Gasteiger partial charge in [-0.2, -0.15) is 4.31 Å². The Labute approximate surface area is 178 Å². The van der Waals surface area contributed by atoms with Crippen LogP contribution in [0.25, 0.3) is 0 Å². The molecule has 2 aromatic rings. The van der Waals surface area contributed by atoms with E-state index in [4.69, 9.17) is 19.2 Å². The van der Waals surface area contributed by atoms with Crippen LogP contribution in [0, 0.1) is 6.92 Å². The van der Waals surface area contributed by atoms with Crippen molar-refractivity contribution in [2.24, 2.45) is 0 Å².